The van der Waals surface area contributed by atoms with Gasteiger partial charge in [-0.15, -0.1) is 0 Å². The molecule has 1 unspecified atom stereocenters. The van der Waals surface area contributed by atoms with Crippen molar-refractivity contribution < 1.29 is 9.47 Å². The highest BCUT2D eigenvalue weighted by Gasteiger charge is 2.41. The van der Waals surface area contributed by atoms with Gasteiger partial charge in [0.15, 0.2) is 5.96 Å². The number of nitrogens with zero attached hydrogens (tertiary/aromatic N) is 2. The van der Waals surface area contributed by atoms with E-state index in [9.17, 15) is 0 Å². The molecule has 0 amide bonds. The Balaban J connectivity index is 2.43. The van der Waals surface area contributed by atoms with Crippen LogP contribution in [0.3, 0.4) is 0 Å². The summed E-state index contributed by atoms with van der Waals surface area (Å²) >= 11 is 0. The van der Waals surface area contributed by atoms with E-state index in [-0.39, 0.29) is 5.54 Å². The van der Waals surface area contributed by atoms with E-state index in [0.717, 1.165) is 23.6 Å². The molecule has 116 valence electrons. The predicted octanol–water partition coefficient (Wildman–Crippen LogP) is 2.21. The van der Waals surface area contributed by atoms with E-state index in [2.05, 4.69) is 30.7 Å². The summed E-state index contributed by atoms with van der Waals surface area (Å²) in [4.78, 5) is 6.62. The van der Waals surface area contributed by atoms with Crippen LogP contribution in [0.2, 0.25) is 0 Å². The molecule has 1 aromatic rings. The zero-order valence-electron chi connectivity index (χ0n) is 13.5. The van der Waals surface area contributed by atoms with Gasteiger partial charge in [0.25, 0.3) is 0 Å². The molecule has 0 radical (unpaired) electrons. The van der Waals surface area contributed by atoms with Crippen molar-refractivity contribution in [2.75, 3.05) is 27.3 Å². The Morgan fingerprint density at radius 2 is 2.05 bits per heavy atom. The van der Waals surface area contributed by atoms with E-state index in [1.54, 1.807) is 14.2 Å². The maximum atomic E-state index is 6.10. The lowest BCUT2D eigenvalue weighted by molar-refractivity contribution is 0.198. The summed E-state index contributed by atoms with van der Waals surface area (Å²) in [5, 5.41) is 0. The standard InChI is InChI=1S/C16H25N3O2/c1-11(2)9-19-15(17)18-10-16(19,3)13-7-6-12(20-4)8-14(13)21-5/h6-8,11H,9-10H2,1-5H3,(H2,17,18). The molecule has 1 atom stereocenters. The van der Waals surface area contributed by atoms with Gasteiger partial charge >= 0.3 is 0 Å². The van der Waals surface area contributed by atoms with Crippen molar-refractivity contribution in [2.24, 2.45) is 16.6 Å². The third-order valence-corrected chi connectivity index (χ3v) is 3.96. The minimum atomic E-state index is -0.286. The van der Waals surface area contributed by atoms with Gasteiger partial charge < -0.3 is 20.1 Å². The zero-order valence-corrected chi connectivity index (χ0v) is 13.5. The van der Waals surface area contributed by atoms with Crippen LogP contribution in [0, 0.1) is 5.92 Å². The molecule has 0 fully saturated rings. The summed E-state index contributed by atoms with van der Waals surface area (Å²) in [6.45, 7) is 8.01. The Morgan fingerprint density at radius 3 is 2.62 bits per heavy atom. The molecule has 0 aliphatic carbocycles. The highest BCUT2D eigenvalue weighted by atomic mass is 16.5. The Hall–Kier alpha value is -1.91. The lowest BCUT2D eigenvalue weighted by atomic mass is 9.89. The van der Waals surface area contributed by atoms with Crippen molar-refractivity contribution in [1.82, 2.24) is 4.90 Å². The molecule has 2 N–H and O–H groups in total. The van der Waals surface area contributed by atoms with Gasteiger partial charge in [-0.05, 0) is 25.0 Å². The SMILES string of the molecule is COc1ccc(C2(C)CN=C(N)N2CC(C)C)c(OC)c1. The monoisotopic (exact) mass is 291 g/mol. The maximum Gasteiger partial charge on any atom is 0.192 e. The van der Waals surface area contributed by atoms with Crippen LogP contribution in [0.1, 0.15) is 26.3 Å². The van der Waals surface area contributed by atoms with Gasteiger partial charge in [0, 0.05) is 18.2 Å². The molecule has 0 saturated heterocycles. The van der Waals surface area contributed by atoms with Crippen molar-refractivity contribution >= 4 is 5.96 Å². The highest BCUT2D eigenvalue weighted by Crippen LogP contribution is 2.39. The van der Waals surface area contributed by atoms with Gasteiger partial charge in [0.05, 0.1) is 26.3 Å². The first-order valence-electron chi connectivity index (χ1n) is 7.22. The van der Waals surface area contributed by atoms with Gasteiger partial charge in [0.1, 0.15) is 11.5 Å². The Labute approximate surface area is 126 Å². The van der Waals surface area contributed by atoms with Crippen molar-refractivity contribution in [3.05, 3.63) is 23.8 Å². The van der Waals surface area contributed by atoms with Crippen LogP contribution in [0.5, 0.6) is 11.5 Å². The third-order valence-electron chi connectivity index (χ3n) is 3.96. The first-order chi connectivity index (χ1) is 9.92. The molecular weight excluding hydrogens is 266 g/mol. The lowest BCUT2D eigenvalue weighted by Gasteiger charge is -2.38. The minimum absolute atomic E-state index is 0.286. The summed E-state index contributed by atoms with van der Waals surface area (Å²) in [5.74, 6) is 2.68. The van der Waals surface area contributed by atoms with Crippen LogP contribution >= 0.6 is 0 Å². The van der Waals surface area contributed by atoms with E-state index in [4.69, 9.17) is 15.2 Å². The Kier molecular flexibility index (Phi) is 4.30. The largest absolute Gasteiger partial charge is 0.497 e. The van der Waals surface area contributed by atoms with Crippen molar-refractivity contribution in [1.29, 1.82) is 0 Å². The van der Waals surface area contributed by atoms with Crippen LogP contribution in [0.25, 0.3) is 0 Å². The Morgan fingerprint density at radius 1 is 1.33 bits per heavy atom. The number of ether oxygens (including phenoxy) is 2. The molecule has 21 heavy (non-hydrogen) atoms. The lowest BCUT2D eigenvalue weighted by Crippen LogP contribution is -2.49. The van der Waals surface area contributed by atoms with Crippen molar-refractivity contribution in [3.8, 4) is 11.5 Å². The molecule has 0 aromatic heterocycles. The van der Waals surface area contributed by atoms with Crippen molar-refractivity contribution in [3.63, 3.8) is 0 Å². The van der Waals surface area contributed by atoms with Gasteiger partial charge in [-0.1, -0.05) is 13.8 Å². The van der Waals surface area contributed by atoms with Crippen LogP contribution in [-0.2, 0) is 5.54 Å². The van der Waals surface area contributed by atoms with E-state index in [1.807, 2.05) is 18.2 Å². The fourth-order valence-electron chi connectivity index (χ4n) is 2.79. The average molecular weight is 291 g/mol. The molecule has 0 bridgehead atoms. The van der Waals surface area contributed by atoms with Gasteiger partial charge in [0.2, 0.25) is 0 Å². The fraction of sp³-hybridized carbons (Fsp3) is 0.562. The molecule has 5 heteroatoms. The summed E-state index contributed by atoms with van der Waals surface area (Å²) in [6, 6.07) is 5.90. The number of aliphatic imine (C=N–C) groups is 1. The van der Waals surface area contributed by atoms with E-state index in [0.29, 0.717) is 18.4 Å². The van der Waals surface area contributed by atoms with Crippen LogP contribution < -0.4 is 15.2 Å². The number of rotatable bonds is 5. The second-order valence-electron chi connectivity index (χ2n) is 6.02. The molecule has 5 nitrogen and oxygen atoms in total. The topological polar surface area (TPSA) is 60.1 Å². The maximum absolute atomic E-state index is 6.10. The molecule has 0 spiro atoms. The summed E-state index contributed by atoms with van der Waals surface area (Å²) < 4.78 is 10.8. The minimum Gasteiger partial charge on any atom is -0.497 e. The fourth-order valence-corrected chi connectivity index (χ4v) is 2.79. The molecule has 2 rings (SSSR count). The normalized spacial score (nSPS) is 21.6. The summed E-state index contributed by atoms with van der Waals surface area (Å²) in [7, 11) is 3.32. The number of nitrogens with two attached hydrogens (primary N) is 1. The smallest absolute Gasteiger partial charge is 0.192 e. The molecule has 0 saturated carbocycles. The van der Waals surface area contributed by atoms with Crippen LogP contribution in [0.15, 0.2) is 23.2 Å². The van der Waals surface area contributed by atoms with Gasteiger partial charge in [-0.25, -0.2) is 0 Å². The summed E-state index contributed by atoms with van der Waals surface area (Å²) in [5.41, 5.74) is 6.89. The Bertz CT molecular complexity index is 542. The van der Waals surface area contributed by atoms with E-state index < -0.39 is 0 Å². The van der Waals surface area contributed by atoms with E-state index >= 15 is 0 Å². The molecular formula is C16H25N3O2. The first-order valence-corrected chi connectivity index (χ1v) is 7.22. The number of guanidine groups is 1. The number of methoxy groups -OCH3 is 2. The van der Waals surface area contributed by atoms with Gasteiger partial charge in [-0.2, -0.15) is 0 Å². The number of benzene rings is 1. The predicted molar refractivity (Wildman–Crippen MR) is 84.9 cm³/mol. The zero-order chi connectivity index (χ0) is 15.6. The molecule has 1 aromatic carbocycles. The van der Waals surface area contributed by atoms with Crippen LogP contribution in [-0.4, -0.2) is 38.2 Å². The van der Waals surface area contributed by atoms with Crippen molar-refractivity contribution in [2.45, 2.75) is 26.3 Å². The van der Waals surface area contributed by atoms with Gasteiger partial charge in [-0.3, -0.25) is 4.99 Å². The second kappa shape index (κ2) is 5.84. The van der Waals surface area contributed by atoms with E-state index in [1.165, 1.54) is 0 Å². The summed E-state index contributed by atoms with van der Waals surface area (Å²) in [6.07, 6.45) is 0. The molecule has 1 aliphatic rings. The average Bonchev–Trinajstić information content (AvgIpc) is 2.75. The number of hydrogen-bond donors (Lipinski definition) is 1. The highest BCUT2D eigenvalue weighted by molar-refractivity contribution is 5.81. The quantitative estimate of drug-likeness (QED) is 0.903. The molecule has 1 heterocycles. The second-order valence-corrected chi connectivity index (χ2v) is 6.02. The third kappa shape index (κ3) is 2.77. The number of hydrogen-bond acceptors (Lipinski definition) is 5. The first kappa shape index (κ1) is 15.5. The molecule has 1 aliphatic heterocycles. The van der Waals surface area contributed by atoms with Crippen LogP contribution in [0.4, 0.5) is 0 Å².